The average molecular weight is 344 g/mol. The first-order chi connectivity index (χ1) is 12.0. The van der Waals surface area contributed by atoms with Crippen LogP contribution in [0.3, 0.4) is 0 Å². The Balaban J connectivity index is 1.93. The van der Waals surface area contributed by atoms with Crippen LogP contribution < -0.4 is 10.6 Å². The lowest BCUT2D eigenvalue weighted by Gasteiger charge is -2.17. The Morgan fingerprint density at radius 3 is 2.48 bits per heavy atom. The van der Waals surface area contributed by atoms with E-state index in [9.17, 15) is 19.1 Å². The maximum atomic E-state index is 13.5. The molecule has 0 unspecified atom stereocenters. The fourth-order valence-electron chi connectivity index (χ4n) is 2.42. The summed E-state index contributed by atoms with van der Waals surface area (Å²) in [4.78, 5) is 23.9. The Bertz CT molecular complexity index is 735. The molecule has 0 spiro atoms. The molecule has 0 aromatic heterocycles. The molecule has 6 heteroatoms. The van der Waals surface area contributed by atoms with E-state index in [1.165, 1.54) is 18.2 Å². The highest BCUT2D eigenvalue weighted by atomic mass is 19.1. The zero-order valence-electron chi connectivity index (χ0n) is 14.0. The molecule has 5 nitrogen and oxygen atoms in total. The number of rotatable bonds is 6. The van der Waals surface area contributed by atoms with Crippen molar-refractivity contribution in [2.45, 2.75) is 19.3 Å². The second-order valence-corrected chi connectivity index (χ2v) is 5.75. The molecular formula is C19H21FN2O3. The molecule has 0 aliphatic heterocycles. The molecule has 2 rings (SSSR count). The maximum Gasteiger partial charge on any atom is 0.313 e. The van der Waals surface area contributed by atoms with Gasteiger partial charge in [0.15, 0.2) is 0 Å². The summed E-state index contributed by atoms with van der Waals surface area (Å²) in [6.45, 7) is 1.81. The summed E-state index contributed by atoms with van der Waals surface area (Å²) in [5, 5.41) is 14.1. The predicted octanol–water partition coefficient (Wildman–Crippen LogP) is 2.36. The third-order valence-corrected chi connectivity index (χ3v) is 3.89. The summed E-state index contributed by atoms with van der Waals surface area (Å²) in [6.07, 6.45) is 0.467. The van der Waals surface area contributed by atoms with Crippen LogP contribution in [-0.2, 0) is 9.59 Å². The number of hydrogen-bond acceptors (Lipinski definition) is 3. The highest BCUT2D eigenvalue weighted by Gasteiger charge is 2.17. The van der Waals surface area contributed by atoms with Crippen LogP contribution in [-0.4, -0.2) is 30.1 Å². The minimum Gasteiger partial charge on any atom is -0.396 e. The van der Waals surface area contributed by atoms with Crippen molar-refractivity contribution in [2.75, 3.05) is 18.5 Å². The molecule has 0 saturated carbocycles. The summed E-state index contributed by atoms with van der Waals surface area (Å²) in [5.41, 5.74) is 1.65. The van der Waals surface area contributed by atoms with Crippen molar-refractivity contribution < 1.29 is 19.1 Å². The lowest BCUT2D eigenvalue weighted by molar-refractivity contribution is -0.136. The van der Waals surface area contributed by atoms with E-state index in [0.29, 0.717) is 12.0 Å². The van der Waals surface area contributed by atoms with Gasteiger partial charge < -0.3 is 15.7 Å². The molecule has 0 aliphatic carbocycles. The number of hydrogen-bond donors (Lipinski definition) is 3. The van der Waals surface area contributed by atoms with Gasteiger partial charge in [-0.2, -0.15) is 0 Å². The van der Waals surface area contributed by atoms with Crippen LogP contribution in [0, 0.1) is 12.7 Å². The van der Waals surface area contributed by atoms with Gasteiger partial charge in [-0.15, -0.1) is 0 Å². The normalized spacial score (nSPS) is 11.6. The highest BCUT2D eigenvalue weighted by molar-refractivity contribution is 6.39. The lowest BCUT2D eigenvalue weighted by atomic mass is 9.96. The van der Waals surface area contributed by atoms with Crippen molar-refractivity contribution >= 4 is 17.5 Å². The number of benzene rings is 2. The Labute approximate surface area is 145 Å². The molecule has 3 N–H and O–H groups in total. The number of aliphatic hydroxyl groups excluding tert-OH is 1. The molecule has 0 radical (unpaired) electrons. The summed E-state index contributed by atoms with van der Waals surface area (Å²) in [7, 11) is 0. The van der Waals surface area contributed by atoms with Gasteiger partial charge in [-0.25, -0.2) is 4.39 Å². The summed E-state index contributed by atoms with van der Waals surface area (Å²) < 4.78 is 13.5. The predicted molar refractivity (Wildman–Crippen MR) is 93.7 cm³/mol. The van der Waals surface area contributed by atoms with E-state index < -0.39 is 17.6 Å². The van der Waals surface area contributed by atoms with E-state index in [1.807, 2.05) is 30.3 Å². The summed E-state index contributed by atoms with van der Waals surface area (Å²) >= 11 is 0. The molecule has 2 aromatic rings. The first-order valence-electron chi connectivity index (χ1n) is 8.02. The largest absolute Gasteiger partial charge is 0.396 e. The first-order valence-corrected chi connectivity index (χ1v) is 8.02. The Kier molecular flexibility index (Phi) is 6.65. The van der Waals surface area contributed by atoms with Crippen molar-refractivity contribution in [2.24, 2.45) is 0 Å². The van der Waals surface area contributed by atoms with Gasteiger partial charge in [0.05, 0.1) is 0 Å². The molecule has 2 amide bonds. The van der Waals surface area contributed by atoms with Crippen LogP contribution in [0.25, 0.3) is 0 Å². The number of carbonyl (C=O) groups is 2. The van der Waals surface area contributed by atoms with Crippen molar-refractivity contribution in [1.29, 1.82) is 0 Å². The Morgan fingerprint density at radius 2 is 1.84 bits per heavy atom. The Morgan fingerprint density at radius 1 is 1.12 bits per heavy atom. The minimum atomic E-state index is -0.862. The summed E-state index contributed by atoms with van der Waals surface area (Å²) in [5.74, 6) is -2.22. The highest BCUT2D eigenvalue weighted by Crippen LogP contribution is 2.18. The average Bonchev–Trinajstić information content (AvgIpc) is 2.62. The van der Waals surface area contributed by atoms with Crippen molar-refractivity contribution in [3.8, 4) is 0 Å². The molecule has 132 valence electrons. The van der Waals surface area contributed by atoms with Crippen molar-refractivity contribution in [3.05, 3.63) is 65.5 Å². The number of nitrogens with one attached hydrogen (secondary N) is 2. The molecule has 25 heavy (non-hydrogen) atoms. The standard InChI is InChI=1S/C19H21FN2O3/c1-13-7-8-16(11-17(13)20)22-19(25)18(24)21-12-15(9-10-23)14-5-3-2-4-6-14/h2-8,11,15,23H,9-10,12H2,1H3,(H,21,24)(H,22,25)/t15-/m0/s1. The molecule has 2 aromatic carbocycles. The van der Waals surface area contributed by atoms with Gasteiger partial charge in [-0.05, 0) is 36.6 Å². The van der Waals surface area contributed by atoms with Crippen LogP contribution in [0.2, 0.25) is 0 Å². The van der Waals surface area contributed by atoms with Crippen LogP contribution in [0.4, 0.5) is 10.1 Å². The van der Waals surface area contributed by atoms with E-state index >= 15 is 0 Å². The third-order valence-electron chi connectivity index (χ3n) is 3.89. The van der Waals surface area contributed by atoms with E-state index in [-0.39, 0.29) is 24.8 Å². The second-order valence-electron chi connectivity index (χ2n) is 5.75. The van der Waals surface area contributed by atoms with Gasteiger partial charge in [0.1, 0.15) is 5.82 Å². The van der Waals surface area contributed by atoms with Gasteiger partial charge in [0, 0.05) is 24.8 Å². The SMILES string of the molecule is Cc1ccc(NC(=O)C(=O)NC[C@H](CCO)c2ccccc2)cc1F. The number of aryl methyl sites for hydroxylation is 1. The topological polar surface area (TPSA) is 78.4 Å². The second kappa shape index (κ2) is 8.94. The fraction of sp³-hybridized carbons (Fsp3) is 0.263. The van der Waals surface area contributed by atoms with Crippen molar-refractivity contribution in [3.63, 3.8) is 0 Å². The Hall–Kier alpha value is -2.73. The minimum absolute atomic E-state index is 0.0235. The van der Waals surface area contributed by atoms with Crippen LogP contribution in [0.15, 0.2) is 48.5 Å². The van der Waals surface area contributed by atoms with E-state index in [2.05, 4.69) is 10.6 Å². The zero-order valence-corrected chi connectivity index (χ0v) is 14.0. The fourth-order valence-corrected chi connectivity index (χ4v) is 2.42. The third kappa shape index (κ3) is 5.39. The lowest BCUT2D eigenvalue weighted by Crippen LogP contribution is -2.37. The maximum absolute atomic E-state index is 13.5. The number of aliphatic hydroxyl groups is 1. The molecule has 1 atom stereocenters. The number of anilines is 1. The number of halogens is 1. The van der Waals surface area contributed by atoms with Gasteiger partial charge in [0.2, 0.25) is 0 Å². The molecule has 0 heterocycles. The number of amides is 2. The number of carbonyl (C=O) groups excluding carboxylic acids is 2. The van der Waals surface area contributed by atoms with Gasteiger partial charge in [-0.1, -0.05) is 36.4 Å². The monoisotopic (exact) mass is 344 g/mol. The molecule has 0 bridgehead atoms. The van der Waals surface area contributed by atoms with Gasteiger partial charge in [0.25, 0.3) is 0 Å². The quantitative estimate of drug-likeness (QED) is 0.704. The van der Waals surface area contributed by atoms with Crippen LogP contribution in [0.5, 0.6) is 0 Å². The smallest absolute Gasteiger partial charge is 0.313 e. The van der Waals surface area contributed by atoms with Crippen LogP contribution >= 0.6 is 0 Å². The van der Waals surface area contributed by atoms with E-state index in [0.717, 1.165) is 5.56 Å². The van der Waals surface area contributed by atoms with E-state index in [1.54, 1.807) is 6.92 Å². The van der Waals surface area contributed by atoms with E-state index in [4.69, 9.17) is 0 Å². The van der Waals surface area contributed by atoms with Crippen LogP contribution in [0.1, 0.15) is 23.5 Å². The first kappa shape index (κ1) is 18.6. The van der Waals surface area contributed by atoms with Crippen molar-refractivity contribution in [1.82, 2.24) is 5.32 Å². The zero-order chi connectivity index (χ0) is 18.2. The van der Waals surface area contributed by atoms with Gasteiger partial charge >= 0.3 is 11.8 Å². The van der Waals surface area contributed by atoms with Gasteiger partial charge in [-0.3, -0.25) is 9.59 Å². The molecule has 0 fully saturated rings. The molecule has 0 saturated heterocycles. The molecular weight excluding hydrogens is 323 g/mol. The summed E-state index contributed by atoms with van der Waals surface area (Å²) in [6, 6.07) is 13.7. The molecule has 0 aliphatic rings.